The van der Waals surface area contributed by atoms with Crippen LogP contribution in [-0.2, 0) is 5.67 Å². The molecule has 2 N–H and O–H groups in total. The summed E-state index contributed by atoms with van der Waals surface area (Å²) < 4.78 is 19.9. The van der Waals surface area contributed by atoms with E-state index in [2.05, 4.69) is 5.32 Å². The number of hydrogen-bond acceptors (Lipinski definition) is 3. The van der Waals surface area contributed by atoms with Crippen molar-refractivity contribution in [2.45, 2.75) is 18.6 Å². The third-order valence-electron chi connectivity index (χ3n) is 3.20. The first-order chi connectivity index (χ1) is 8.09. The number of nitrogens with one attached hydrogen (secondary N) is 1. The molecular formula is C13H16FNO2. The lowest BCUT2D eigenvalue weighted by molar-refractivity contribution is 0.0856. The van der Waals surface area contributed by atoms with Crippen LogP contribution in [0, 0.1) is 0 Å². The van der Waals surface area contributed by atoms with Crippen molar-refractivity contribution in [1.29, 1.82) is 0 Å². The van der Waals surface area contributed by atoms with E-state index in [0.717, 1.165) is 11.0 Å². The lowest BCUT2D eigenvalue weighted by atomic mass is 9.90. The van der Waals surface area contributed by atoms with Crippen molar-refractivity contribution in [2.24, 2.45) is 0 Å². The van der Waals surface area contributed by atoms with Gasteiger partial charge in [0.25, 0.3) is 0 Å². The second kappa shape index (κ2) is 4.47. The van der Waals surface area contributed by atoms with Gasteiger partial charge in [0.2, 0.25) is 0 Å². The van der Waals surface area contributed by atoms with Gasteiger partial charge in [-0.2, -0.15) is 0 Å². The molecule has 3 nitrogen and oxygen atoms in total. The molecule has 0 spiro atoms. The Kier molecular flexibility index (Phi) is 3.17. The Hall–Kier alpha value is -1.39. The van der Waals surface area contributed by atoms with Gasteiger partial charge in [-0.3, -0.25) is 0 Å². The third-order valence-corrected chi connectivity index (χ3v) is 3.20. The minimum absolute atomic E-state index is 0.257. The van der Waals surface area contributed by atoms with Crippen molar-refractivity contribution >= 4 is 11.0 Å². The fourth-order valence-corrected chi connectivity index (χ4v) is 2.01. The van der Waals surface area contributed by atoms with Crippen LogP contribution >= 0.6 is 0 Å². The quantitative estimate of drug-likeness (QED) is 0.856. The fraction of sp³-hybridized carbons (Fsp3) is 0.385. The van der Waals surface area contributed by atoms with Crippen LogP contribution in [0.3, 0.4) is 0 Å². The number of rotatable bonds is 4. The molecular weight excluding hydrogens is 221 g/mol. The van der Waals surface area contributed by atoms with Crippen molar-refractivity contribution in [3.05, 3.63) is 36.1 Å². The number of halogens is 1. The van der Waals surface area contributed by atoms with Gasteiger partial charge in [0.05, 0.1) is 18.9 Å². The van der Waals surface area contributed by atoms with Crippen molar-refractivity contribution in [1.82, 2.24) is 5.32 Å². The van der Waals surface area contributed by atoms with Crippen molar-refractivity contribution in [3.63, 3.8) is 0 Å². The van der Waals surface area contributed by atoms with Crippen LogP contribution in [-0.4, -0.2) is 24.8 Å². The molecule has 1 aromatic carbocycles. The number of furan rings is 1. The fourth-order valence-electron chi connectivity index (χ4n) is 2.01. The maximum Gasteiger partial charge on any atom is 0.150 e. The summed E-state index contributed by atoms with van der Waals surface area (Å²) in [7, 11) is 1.63. The highest BCUT2D eigenvalue weighted by atomic mass is 19.1. The number of fused-ring (bicyclic) bond motifs is 1. The van der Waals surface area contributed by atoms with Gasteiger partial charge in [-0.05, 0) is 37.7 Å². The Balaban J connectivity index is 2.43. The van der Waals surface area contributed by atoms with E-state index in [1.165, 1.54) is 6.92 Å². The molecule has 0 saturated heterocycles. The molecule has 0 fully saturated rings. The smallest absolute Gasteiger partial charge is 0.150 e. The number of aliphatic hydroxyl groups is 1. The van der Waals surface area contributed by atoms with Crippen LogP contribution in [0.1, 0.15) is 12.5 Å². The number of aliphatic hydroxyl groups excluding tert-OH is 1. The molecule has 0 saturated carbocycles. The van der Waals surface area contributed by atoms with Gasteiger partial charge in [-0.15, -0.1) is 0 Å². The summed E-state index contributed by atoms with van der Waals surface area (Å²) >= 11 is 0. The second-order valence-electron chi connectivity index (χ2n) is 4.27. The van der Waals surface area contributed by atoms with Crippen LogP contribution < -0.4 is 5.32 Å². The number of likely N-dealkylation sites (N-methyl/N-ethyl adjacent to an activating group) is 1. The third kappa shape index (κ3) is 2.06. The Bertz CT molecular complexity index is 503. The number of benzene rings is 1. The summed E-state index contributed by atoms with van der Waals surface area (Å²) in [6, 6.07) is 6.34. The number of alkyl halides is 1. The van der Waals surface area contributed by atoms with E-state index < -0.39 is 11.7 Å². The Morgan fingerprint density at radius 1 is 1.47 bits per heavy atom. The molecule has 0 aliphatic carbocycles. The molecule has 0 aliphatic rings. The summed E-state index contributed by atoms with van der Waals surface area (Å²) in [4.78, 5) is 0. The largest absolute Gasteiger partial charge is 0.464 e. The molecule has 2 atom stereocenters. The average molecular weight is 237 g/mol. The topological polar surface area (TPSA) is 45.4 Å². The molecule has 92 valence electrons. The summed E-state index contributed by atoms with van der Waals surface area (Å²) in [5.41, 5.74) is -0.371. The zero-order chi connectivity index (χ0) is 12.5. The maximum atomic E-state index is 14.7. The number of hydrogen-bond donors (Lipinski definition) is 2. The van der Waals surface area contributed by atoms with E-state index in [9.17, 15) is 9.50 Å². The highest BCUT2D eigenvalue weighted by Gasteiger charge is 2.34. The maximum absolute atomic E-state index is 14.7. The molecule has 0 aliphatic heterocycles. The summed E-state index contributed by atoms with van der Waals surface area (Å²) in [5.74, 6) is 0. The van der Waals surface area contributed by atoms with E-state index in [4.69, 9.17) is 4.42 Å². The molecule has 2 unspecified atom stereocenters. The van der Waals surface area contributed by atoms with Crippen LogP contribution in [0.4, 0.5) is 4.39 Å². The Morgan fingerprint density at radius 3 is 2.88 bits per heavy atom. The van der Waals surface area contributed by atoms with Crippen LogP contribution in [0.15, 0.2) is 34.9 Å². The molecule has 1 aromatic heterocycles. The Morgan fingerprint density at radius 2 is 2.24 bits per heavy atom. The van der Waals surface area contributed by atoms with Gasteiger partial charge in [-0.1, -0.05) is 6.07 Å². The van der Waals surface area contributed by atoms with Gasteiger partial charge >= 0.3 is 0 Å². The first-order valence-corrected chi connectivity index (χ1v) is 5.54. The van der Waals surface area contributed by atoms with E-state index in [1.54, 1.807) is 37.6 Å². The van der Waals surface area contributed by atoms with Gasteiger partial charge in [0, 0.05) is 5.39 Å². The van der Waals surface area contributed by atoms with Gasteiger partial charge < -0.3 is 14.8 Å². The molecule has 0 radical (unpaired) electrons. The second-order valence-corrected chi connectivity index (χ2v) is 4.27. The lowest BCUT2D eigenvalue weighted by Crippen LogP contribution is -2.44. The van der Waals surface area contributed by atoms with Crippen molar-refractivity contribution in [3.8, 4) is 0 Å². The SMILES string of the molecule is CNC(CO)C(C)(F)c1ccc2occc2c1. The highest BCUT2D eigenvalue weighted by molar-refractivity contribution is 5.78. The molecule has 4 heteroatoms. The minimum atomic E-state index is -1.63. The van der Waals surface area contributed by atoms with E-state index in [1.807, 2.05) is 0 Å². The van der Waals surface area contributed by atoms with Crippen LogP contribution in [0.25, 0.3) is 11.0 Å². The first-order valence-electron chi connectivity index (χ1n) is 5.54. The van der Waals surface area contributed by atoms with E-state index >= 15 is 0 Å². The molecule has 0 amide bonds. The average Bonchev–Trinajstić information content (AvgIpc) is 2.77. The predicted octanol–water partition coefficient (Wildman–Crippen LogP) is 2.20. The minimum Gasteiger partial charge on any atom is -0.464 e. The van der Waals surface area contributed by atoms with E-state index in [-0.39, 0.29) is 6.61 Å². The van der Waals surface area contributed by atoms with Gasteiger partial charge in [-0.25, -0.2) is 4.39 Å². The molecule has 2 rings (SSSR count). The Labute approximate surface area is 99.2 Å². The van der Waals surface area contributed by atoms with Gasteiger partial charge in [0.1, 0.15) is 5.58 Å². The lowest BCUT2D eigenvalue weighted by Gasteiger charge is -2.29. The van der Waals surface area contributed by atoms with Crippen molar-refractivity contribution in [2.75, 3.05) is 13.7 Å². The normalized spacial score (nSPS) is 16.9. The molecule has 17 heavy (non-hydrogen) atoms. The van der Waals surface area contributed by atoms with Crippen LogP contribution in [0.2, 0.25) is 0 Å². The summed E-state index contributed by atoms with van der Waals surface area (Å²) in [6.07, 6.45) is 1.58. The summed E-state index contributed by atoms with van der Waals surface area (Å²) in [6.45, 7) is 1.21. The highest BCUT2D eigenvalue weighted by Crippen LogP contribution is 2.31. The first kappa shape index (κ1) is 12.1. The standard InChI is InChI=1S/C13H16FNO2/c1-13(14,12(8-16)15-2)10-3-4-11-9(7-10)5-6-17-11/h3-7,12,15-16H,8H2,1-2H3. The zero-order valence-corrected chi connectivity index (χ0v) is 9.90. The van der Waals surface area contributed by atoms with Gasteiger partial charge in [0.15, 0.2) is 5.67 Å². The molecule has 1 heterocycles. The molecule has 0 bridgehead atoms. The van der Waals surface area contributed by atoms with Crippen LogP contribution in [0.5, 0.6) is 0 Å². The van der Waals surface area contributed by atoms with Crippen molar-refractivity contribution < 1.29 is 13.9 Å². The monoisotopic (exact) mass is 237 g/mol. The summed E-state index contributed by atoms with van der Waals surface area (Å²) in [5, 5.41) is 12.8. The molecule has 2 aromatic rings. The van der Waals surface area contributed by atoms with E-state index in [0.29, 0.717) is 5.56 Å². The predicted molar refractivity (Wildman–Crippen MR) is 64.6 cm³/mol. The zero-order valence-electron chi connectivity index (χ0n) is 9.90.